The second kappa shape index (κ2) is 9.67. The Morgan fingerprint density at radius 3 is 2.40 bits per heavy atom. The third kappa shape index (κ3) is 5.84. The Bertz CT molecular complexity index is 791. The van der Waals surface area contributed by atoms with E-state index < -0.39 is 10.0 Å². The third-order valence-corrected chi connectivity index (χ3v) is 8.54. The first-order chi connectivity index (χ1) is 14.4. The summed E-state index contributed by atoms with van der Waals surface area (Å²) in [6.45, 7) is 4.93. The van der Waals surface area contributed by atoms with Gasteiger partial charge in [-0.25, -0.2) is 22.7 Å². The molecule has 0 unspecified atom stereocenters. The predicted molar refractivity (Wildman–Crippen MR) is 118 cm³/mol. The molecule has 0 radical (unpaired) electrons. The maximum Gasteiger partial charge on any atom is 0.225 e. The quantitative estimate of drug-likeness (QED) is 0.559. The normalized spacial score (nSPS) is 26.8. The number of hydrogen-bond donors (Lipinski definition) is 0. The van der Waals surface area contributed by atoms with Crippen molar-refractivity contribution >= 4 is 27.6 Å². The SMILES string of the molecule is CS(=O)(=O)N1CCC(COCC[C@@H]2C[C@@H]2C2CCN(c3ncc(Cl)cn3)CC2)CC1. The first kappa shape index (κ1) is 22.2. The molecule has 0 spiro atoms. The van der Waals surface area contributed by atoms with E-state index in [0.717, 1.165) is 69.3 Å². The van der Waals surface area contributed by atoms with Crippen molar-refractivity contribution in [3.05, 3.63) is 17.4 Å². The van der Waals surface area contributed by atoms with Crippen LogP contribution in [0.1, 0.15) is 38.5 Å². The maximum atomic E-state index is 11.6. The van der Waals surface area contributed by atoms with Gasteiger partial charge in [-0.15, -0.1) is 0 Å². The molecule has 2 saturated heterocycles. The van der Waals surface area contributed by atoms with E-state index in [-0.39, 0.29) is 0 Å². The Morgan fingerprint density at radius 1 is 1.10 bits per heavy atom. The number of halogens is 1. The lowest BCUT2D eigenvalue weighted by Gasteiger charge is -2.32. The van der Waals surface area contributed by atoms with Gasteiger partial charge in [0.15, 0.2) is 0 Å². The minimum atomic E-state index is -3.04. The van der Waals surface area contributed by atoms with Crippen LogP contribution in [0, 0.1) is 23.7 Å². The Kier molecular flexibility index (Phi) is 7.17. The summed E-state index contributed by atoms with van der Waals surface area (Å²) in [5.74, 6) is 3.79. The van der Waals surface area contributed by atoms with Gasteiger partial charge in [0.25, 0.3) is 0 Å². The van der Waals surface area contributed by atoms with E-state index in [1.54, 1.807) is 16.7 Å². The topological polar surface area (TPSA) is 75.6 Å². The fraction of sp³-hybridized carbons (Fsp3) is 0.810. The molecule has 9 heteroatoms. The molecule has 3 fully saturated rings. The van der Waals surface area contributed by atoms with Crippen molar-refractivity contribution in [2.24, 2.45) is 23.7 Å². The van der Waals surface area contributed by atoms with E-state index in [1.165, 1.54) is 25.5 Å². The van der Waals surface area contributed by atoms with E-state index in [9.17, 15) is 8.42 Å². The molecule has 0 amide bonds. The number of nitrogens with zero attached hydrogens (tertiary/aromatic N) is 4. The number of hydrogen-bond acceptors (Lipinski definition) is 6. The van der Waals surface area contributed by atoms with Crippen LogP contribution in [0.4, 0.5) is 5.95 Å². The molecule has 3 aliphatic rings. The molecule has 3 heterocycles. The zero-order valence-corrected chi connectivity index (χ0v) is 19.3. The fourth-order valence-electron chi connectivity index (χ4n) is 5.07. The van der Waals surface area contributed by atoms with Gasteiger partial charge in [-0.3, -0.25) is 0 Å². The first-order valence-electron chi connectivity index (χ1n) is 11.2. The second-order valence-electron chi connectivity index (χ2n) is 9.15. The van der Waals surface area contributed by atoms with E-state index in [2.05, 4.69) is 14.9 Å². The molecule has 0 bridgehead atoms. The smallest absolute Gasteiger partial charge is 0.225 e. The first-order valence-corrected chi connectivity index (χ1v) is 13.4. The summed E-state index contributed by atoms with van der Waals surface area (Å²) in [4.78, 5) is 10.9. The van der Waals surface area contributed by atoms with Crippen LogP contribution in [-0.4, -0.2) is 68.3 Å². The third-order valence-electron chi connectivity index (χ3n) is 7.04. The predicted octanol–water partition coefficient (Wildman–Crippen LogP) is 3.06. The van der Waals surface area contributed by atoms with Crippen molar-refractivity contribution in [2.75, 3.05) is 50.5 Å². The fourth-order valence-corrected chi connectivity index (χ4v) is 6.04. The van der Waals surface area contributed by atoms with Crippen LogP contribution in [0.15, 0.2) is 12.4 Å². The van der Waals surface area contributed by atoms with Gasteiger partial charge in [0.1, 0.15) is 0 Å². The highest BCUT2D eigenvalue weighted by atomic mass is 35.5. The summed E-state index contributed by atoms with van der Waals surface area (Å²) in [7, 11) is -3.04. The minimum absolute atomic E-state index is 0.498. The number of piperidine rings is 2. The van der Waals surface area contributed by atoms with Crippen molar-refractivity contribution in [3.63, 3.8) is 0 Å². The summed E-state index contributed by atoms with van der Waals surface area (Å²) in [5, 5.41) is 0.580. The summed E-state index contributed by atoms with van der Waals surface area (Å²) >= 11 is 5.88. The number of ether oxygens (including phenoxy) is 1. The highest BCUT2D eigenvalue weighted by Gasteiger charge is 2.43. The maximum absolute atomic E-state index is 11.6. The molecule has 0 aromatic carbocycles. The lowest BCUT2D eigenvalue weighted by molar-refractivity contribution is 0.0746. The van der Waals surface area contributed by atoms with Gasteiger partial charge >= 0.3 is 0 Å². The molecule has 2 aliphatic heterocycles. The average molecular weight is 457 g/mol. The number of anilines is 1. The molecule has 1 saturated carbocycles. The molecule has 30 heavy (non-hydrogen) atoms. The molecule has 7 nitrogen and oxygen atoms in total. The van der Waals surface area contributed by atoms with Crippen molar-refractivity contribution in [1.29, 1.82) is 0 Å². The second-order valence-corrected chi connectivity index (χ2v) is 11.6. The Labute approximate surface area is 185 Å². The monoisotopic (exact) mass is 456 g/mol. The van der Waals surface area contributed by atoms with Crippen LogP contribution in [0.2, 0.25) is 5.02 Å². The van der Waals surface area contributed by atoms with Crippen LogP contribution in [0.25, 0.3) is 0 Å². The molecule has 4 rings (SSSR count). The summed E-state index contributed by atoms with van der Waals surface area (Å²) in [5.41, 5.74) is 0. The highest BCUT2D eigenvalue weighted by Crippen LogP contribution is 2.49. The van der Waals surface area contributed by atoms with E-state index in [1.807, 2.05) is 0 Å². The number of sulfonamides is 1. The van der Waals surface area contributed by atoms with Crippen molar-refractivity contribution in [1.82, 2.24) is 14.3 Å². The summed E-state index contributed by atoms with van der Waals surface area (Å²) in [6.07, 6.45) is 11.4. The van der Waals surface area contributed by atoms with Gasteiger partial charge in [-0.05, 0) is 62.2 Å². The number of aromatic nitrogens is 2. The Hall–Kier alpha value is -0.960. The van der Waals surface area contributed by atoms with E-state index in [0.29, 0.717) is 24.0 Å². The van der Waals surface area contributed by atoms with Crippen molar-refractivity contribution in [3.8, 4) is 0 Å². The lowest BCUT2D eigenvalue weighted by atomic mass is 9.90. The Balaban J connectivity index is 1.08. The zero-order valence-electron chi connectivity index (χ0n) is 17.7. The van der Waals surface area contributed by atoms with Gasteiger partial charge in [0.05, 0.1) is 23.7 Å². The minimum Gasteiger partial charge on any atom is -0.381 e. The number of rotatable bonds is 8. The molecule has 1 aromatic heterocycles. The van der Waals surface area contributed by atoms with E-state index in [4.69, 9.17) is 16.3 Å². The molecule has 0 N–H and O–H groups in total. The van der Waals surface area contributed by atoms with Crippen LogP contribution in [0.3, 0.4) is 0 Å². The van der Waals surface area contributed by atoms with Crippen LogP contribution in [-0.2, 0) is 14.8 Å². The average Bonchev–Trinajstić information content (AvgIpc) is 3.51. The van der Waals surface area contributed by atoms with Crippen molar-refractivity contribution < 1.29 is 13.2 Å². The van der Waals surface area contributed by atoms with Crippen LogP contribution >= 0.6 is 11.6 Å². The standard InChI is InChI=1S/C21H33ClN4O3S/c1-30(27,28)26-9-2-16(3-10-26)15-29-11-6-18-12-20(18)17-4-7-25(8-5-17)21-23-13-19(22)14-24-21/h13-14,16-18,20H,2-12,15H2,1H3/t18-,20-/m1/s1. The molecular weight excluding hydrogens is 424 g/mol. The lowest BCUT2D eigenvalue weighted by Crippen LogP contribution is -2.38. The van der Waals surface area contributed by atoms with E-state index >= 15 is 0 Å². The van der Waals surface area contributed by atoms with Crippen molar-refractivity contribution in [2.45, 2.75) is 38.5 Å². The van der Waals surface area contributed by atoms with Gasteiger partial charge < -0.3 is 9.64 Å². The van der Waals surface area contributed by atoms with Gasteiger partial charge in [0, 0.05) is 39.4 Å². The van der Waals surface area contributed by atoms with Gasteiger partial charge in [-0.2, -0.15) is 0 Å². The Morgan fingerprint density at radius 2 is 1.77 bits per heavy atom. The summed E-state index contributed by atoms with van der Waals surface area (Å²) < 4.78 is 30.7. The molecule has 2 atom stereocenters. The highest BCUT2D eigenvalue weighted by molar-refractivity contribution is 7.88. The van der Waals surface area contributed by atoms with Gasteiger partial charge in [0.2, 0.25) is 16.0 Å². The largest absolute Gasteiger partial charge is 0.381 e. The summed E-state index contributed by atoms with van der Waals surface area (Å²) in [6, 6.07) is 0. The molecule has 1 aromatic rings. The van der Waals surface area contributed by atoms with Crippen LogP contribution < -0.4 is 4.90 Å². The van der Waals surface area contributed by atoms with Gasteiger partial charge in [-0.1, -0.05) is 11.6 Å². The molecular formula is C21H33ClN4O3S. The van der Waals surface area contributed by atoms with Crippen LogP contribution in [0.5, 0.6) is 0 Å². The zero-order chi connectivity index (χ0) is 21.1. The molecule has 1 aliphatic carbocycles. The molecule has 168 valence electrons.